The number of aliphatic carboxylic acids is 3. The Morgan fingerprint density at radius 3 is 1.48 bits per heavy atom. The summed E-state index contributed by atoms with van der Waals surface area (Å²) in [6.45, 7) is 2.96. The number of carbonyl (C=O) groups is 3. The molecule has 4 bridgehead atoms. The predicted molar refractivity (Wildman–Crippen MR) is 72.7 cm³/mol. The van der Waals surface area contributed by atoms with Gasteiger partial charge in [-0.15, -0.1) is 0 Å². The first-order valence-corrected chi connectivity index (χ1v) is 7.05. The van der Waals surface area contributed by atoms with Crippen LogP contribution in [0.5, 0.6) is 0 Å². The summed E-state index contributed by atoms with van der Waals surface area (Å²) in [5, 5.41) is 26.4. The van der Waals surface area contributed by atoms with Crippen LogP contribution >= 0.6 is 0 Å². The molecule has 4 saturated carbocycles. The monoisotopic (exact) mass is 296 g/mol. The van der Waals surface area contributed by atoms with Crippen LogP contribution in [0.25, 0.3) is 0 Å². The van der Waals surface area contributed by atoms with E-state index in [9.17, 15) is 24.6 Å². The second-order valence-corrected chi connectivity index (χ2v) is 6.67. The van der Waals surface area contributed by atoms with Gasteiger partial charge in [-0.1, -0.05) is 6.58 Å². The highest BCUT2D eigenvalue weighted by atomic mass is 16.4. The van der Waals surface area contributed by atoms with E-state index in [1.807, 2.05) is 0 Å². The van der Waals surface area contributed by atoms with Crippen LogP contribution in [0.4, 0.5) is 0 Å². The van der Waals surface area contributed by atoms with E-state index >= 15 is 0 Å². The smallest absolute Gasteiger partial charge is 0.327 e. The second kappa shape index (κ2) is 5.16. The topological polar surface area (TPSA) is 112 Å². The molecule has 4 fully saturated rings. The molecule has 4 rings (SSSR count). The van der Waals surface area contributed by atoms with E-state index in [1.54, 1.807) is 0 Å². The fourth-order valence-electron chi connectivity index (χ4n) is 4.76. The van der Waals surface area contributed by atoms with Gasteiger partial charge in [-0.2, -0.15) is 0 Å². The molecule has 116 valence electrons. The number of carboxylic acids is 3. The van der Waals surface area contributed by atoms with Gasteiger partial charge in [0.25, 0.3) is 0 Å². The summed E-state index contributed by atoms with van der Waals surface area (Å²) >= 11 is 0. The summed E-state index contributed by atoms with van der Waals surface area (Å²) in [7, 11) is 0. The standard InChI is InChI=1S/C12H16O4.C3H4O2/c13-9(14)11-2-7-1-8(4-11)5-12(3-7,6-11)10(15)16;1-2-3(4)5/h7-8H,1-6H2,(H,13,14)(H,15,16);2H,1H2,(H,4,5). The minimum absolute atomic E-state index is 0.327. The molecule has 0 spiro atoms. The molecule has 0 atom stereocenters. The average Bonchev–Trinajstić information content (AvgIpc) is 2.37. The number of rotatable bonds is 3. The maximum atomic E-state index is 11.4. The van der Waals surface area contributed by atoms with E-state index in [2.05, 4.69) is 6.58 Å². The van der Waals surface area contributed by atoms with Crippen molar-refractivity contribution in [3.63, 3.8) is 0 Å². The van der Waals surface area contributed by atoms with Crippen LogP contribution in [-0.4, -0.2) is 33.2 Å². The lowest BCUT2D eigenvalue weighted by molar-refractivity contribution is -0.187. The van der Waals surface area contributed by atoms with Crippen molar-refractivity contribution in [3.8, 4) is 0 Å². The van der Waals surface area contributed by atoms with Crippen LogP contribution < -0.4 is 0 Å². The molecule has 0 amide bonds. The lowest BCUT2D eigenvalue weighted by Crippen LogP contribution is -2.57. The van der Waals surface area contributed by atoms with Crippen LogP contribution in [-0.2, 0) is 14.4 Å². The van der Waals surface area contributed by atoms with Gasteiger partial charge in [0.2, 0.25) is 0 Å². The van der Waals surface area contributed by atoms with Gasteiger partial charge in [0.15, 0.2) is 0 Å². The minimum Gasteiger partial charge on any atom is -0.481 e. The molecule has 6 heteroatoms. The van der Waals surface area contributed by atoms with Crippen molar-refractivity contribution in [1.29, 1.82) is 0 Å². The van der Waals surface area contributed by atoms with Gasteiger partial charge in [-0.3, -0.25) is 9.59 Å². The Labute approximate surface area is 122 Å². The van der Waals surface area contributed by atoms with E-state index in [-0.39, 0.29) is 0 Å². The molecule has 0 aromatic heterocycles. The Bertz CT molecular complexity index is 448. The molecular weight excluding hydrogens is 276 g/mol. The summed E-state index contributed by atoms with van der Waals surface area (Å²) < 4.78 is 0. The fraction of sp³-hybridized carbons (Fsp3) is 0.667. The lowest BCUT2D eigenvalue weighted by atomic mass is 9.44. The van der Waals surface area contributed by atoms with Gasteiger partial charge >= 0.3 is 17.9 Å². The Morgan fingerprint density at radius 2 is 1.24 bits per heavy atom. The Balaban J connectivity index is 0.000000282. The first-order valence-electron chi connectivity index (χ1n) is 7.05. The van der Waals surface area contributed by atoms with Crippen LogP contribution in [0.15, 0.2) is 12.7 Å². The highest BCUT2D eigenvalue weighted by molar-refractivity contribution is 5.81. The van der Waals surface area contributed by atoms with Gasteiger partial charge in [0, 0.05) is 6.08 Å². The summed E-state index contributed by atoms with van der Waals surface area (Å²) in [5.41, 5.74) is -1.44. The summed E-state index contributed by atoms with van der Waals surface area (Å²) in [4.78, 5) is 32.1. The Hall–Kier alpha value is -1.85. The largest absolute Gasteiger partial charge is 0.481 e. The number of hydrogen-bond donors (Lipinski definition) is 3. The molecule has 0 aliphatic heterocycles. The third kappa shape index (κ3) is 2.66. The zero-order chi connectivity index (χ0) is 15.8. The van der Waals surface area contributed by atoms with E-state index < -0.39 is 28.7 Å². The second-order valence-electron chi connectivity index (χ2n) is 6.67. The van der Waals surface area contributed by atoms with Crippen LogP contribution in [0.2, 0.25) is 0 Å². The first-order chi connectivity index (χ1) is 9.73. The summed E-state index contributed by atoms with van der Waals surface area (Å²) in [6.07, 6.45) is 5.05. The van der Waals surface area contributed by atoms with E-state index in [0.717, 1.165) is 12.5 Å². The molecule has 0 radical (unpaired) electrons. The molecule has 0 unspecified atom stereocenters. The summed E-state index contributed by atoms with van der Waals surface area (Å²) in [6, 6.07) is 0. The third-order valence-electron chi connectivity index (χ3n) is 5.14. The SMILES string of the molecule is C=CC(=O)O.O=C(O)C12CC3CC(C1)CC(C(=O)O)(C3)C2. The van der Waals surface area contributed by atoms with Crippen molar-refractivity contribution in [2.45, 2.75) is 38.5 Å². The van der Waals surface area contributed by atoms with Crippen LogP contribution in [0, 0.1) is 22.7 Å². The van der Waals surface area contributed by atoms with Crippen LogP contribution in [0.1, 0.15) is 38.5 Å². The third-order valence-corrected chi connectivity index (χ3v) is 5.14. The Morgan fingerprint density at radius 1 is 0.905 bits per heavy atom. The van der Waals surface area contributed by atoms with E-state index in [4.69, 9.17) is 5.11 Å². The molecule has 0 aromatic carbocycles. The highest BCUT2D eigenvalue weighted by Crippen LogP contribution is 2.65. The predicted octanol–water partition coefficient (Wildman–Crippen LogP) is 2.00. The van der Waals surface area contributed by atoms with E-state index in [0.29, 0.717) is 43.9 Å². The highest BCUT2D eigenvalue weighted by Gasteiger charge is 2.63. The maximum Gasteiger partial charge on any atom is 0.327 e. The molecule has 0 saturated heterocycles. The van der Waals surface area contributed by atoms with Gasteiger partial charge in [0.1, 0.15) is 0 Å². The van der Waals surface area contributed by atoms with Gasteiger partial charge in [-0.05, 0) is 50.4 Å². The summed E-state index contributed by atoms with van der Waals surface area (Å²) in [5.74, 6) is -1.87. The molecule has 4 aliphatic carbocycles. The van der Waals surface area contributed by atoms with Crippen LogP contribution in [0.3, 0.4) is 0 Å². The van der Waals surface area contributed by atoms with Gasteiger partial charge in [0.05, 0.1) is 10.8 Å². The van der Waals surface area contributed by atoms with Crippen molar-refractivity contribution in [1.82, 2.24) is 0 Å². The molecule has 0 aromatic rings. The van der Waals surface area contributed by atoms with Crippen molar-refractivity contribution in [2.75, 3.05) is 0 Å². The number of hydrogen-bond acceptors (Lipinski definition) is 3. The quantitative estimate of drug-likeness (QED) is 0.687. The van der Waals surface area contributed by atoms with Gasteiger partial charge in [-0.25, -0.2) is 4.79 Å². The maximum absolute atomic E-state index is 11.4. The molecule has 3 N–H and O–H groups in total. The average molecular weight is 296 g/mol. The minimum atomic E-state index is -0.981. The normalized spacial score (nSPS) is 39.0. The molecule has 6 nitrogen and oxygen atoms in total. The molecule has 4 aliphatic rings. The van der Waals surface area contributed by atoms with E-state index in [1.165, 1.54) is 0 Å². The first kappa shape index (κ1) is 15.5. The van der Waals surface area contributed by atoms with Crippen molar-refractivity contribution < 1.29 is 29.7 Å². The van der Waals surface area contributed by atoms with Gasteiger partial charge < -0.3 is 15.3 Å². The van der Waals surface area contributed by atoms with Crippen molar-refractivity contribution in [3.05, 3.63) is 12.7 Å². The Kier molecular flexibility index (Phi) is 3.82. The van der Waals surface area contributed by atoms with Crippen molar-refractivity contribution in [2.24, 2.45) is 22.7 Å². The fourth-order valence-corrected chi connectivity index (χ4v) is 4.76. The van der Waals surface area contributed by atoms with Crippen molar-refractivity contribution >= 4 is 17.9 Å². The molecule has 0 heterocycles. The molecular formula is C15H20O6. The number of carboxylic acid groups (broad SMARTS) is 3. The zero-order valence-corrected chi connectivity index (χ0v) is 11.7. The molecule has 21 heavy (non-hydrogen) atoms. The zero-order valence-electron chi connectivity index (χ0n) is 11.7. The lowest BCUT2D eigenvalue weighted by Gasteiger charge is -2.58.